The quantitative estimate of drug-likeness (QED) is 0.385. The molecule has 2 fully saturated rings. The summed E-state index contributed by atoms with van der Waals surface area (Å²) in [4.78, 5) is 15.1. The Labute approximate surface area is 242 Å². The van der Waals surface area contributed by atoms with Gasteiger partial charge < -0.3 is 5.32 Å². The van der Waals surface area contributed by atoms with Crippen LogP contribution in [-0.4, -0.2) is 56.8 Å². The maximum Gasteiger partial charge on any atom is 0.416 e. The average Bonchev–Trinajstić information content (AvgIpc) is 2.97. The van der Waals surface area contributed by atoms with Crippen LogP contribution in [0.25, 0.3) is 0 Å². The number of rotatable bonds is 9. The van der Waals surface area contributed by atoms with E-state index in [2.05, 4.69) is 48.6 Å². The third-order valence-corrected chi connectivity index (χ3v) is 11.1. The van der Waals surface area contributed by atoms with Gasteiger partial charge in [-0.2, -0.15) is 17.5 Å². The predicted molar refractivity (Wildman–Crippen MR) is 154 cm³/mol. The minimum atomic E-state index is -4.64. The fraction of sp³-hybridized carbons (Fsp3) is 0.581. The minimum absolute atomic E-state index is 0.0189. The number of halogens is 3. The fourth-order valence-electron chi connectivity index (χ4n) is 6.62. The van der Waals surface area contributed by atoms with Crippen LogP contribution in [0.15, 0.2) is 59.5 Å². The van der Waals surface area contributed by atoms with E-state index in [-0.39, 0.29) is 18.0 Å². The Morgan fingerprint density at radius 1 is 1.05 bits per heavy atom. The first-order valence-electron chi connectivity index (χ1n) is 14.6. The van der Waals surface area contributed by atoms with E-state index < -0.39 is 38.6 Å². The van der Waals surface area contributed by atoms with Crippen molar-refractivity contribution in [2.75, 3.05) is 27.2 Å². The Kier molecular flexibility index (Phi) is 9.86. The lowest BCUT2D eigenvalue weighted by molar-refractivity contribution is -0.137. The number of carbonyl (C=O) groups is 1. The van der Waals surface area contributed by atoms with Gasteiger partial charge in [0.15, 0.2) is 0 Å². The Bertz CT molecular complexity index is 1280. The van der Waals surface area contributed by atoms with Crippen LogP contribution in [0.2, 0.25) is 0 Å². The highest BCUT2D eigenvalue weighted by molar-refractivity contribution is 7.89. The number of carbonyl (C=O) groups excluding carboxylic acids is 1. The lowest BCUT2D eigenvalue weighted by Crippen LogP contribution is -2.50. The molecule has 0 bridgehead atoms. The molecule has 1 aliphatic heterocycles. The monoisotopic (exact) mass is 593 g/mol. The van der Waals surface area contributed by atoms with E-state index >= 15 is 0 Å². The molecule has 41 heavy (non-hydrogen) atoms. The standard InChI is InChI=1S/C31H42F3N3O3S/c1-23(28-14-7-8-21-37(28)41(39,40)27-13-9-12-26(22-27)31(32,33)34)29(38)35-20-17-24-15-18-30(19-16-24,36(2)3)25-10-5-4-6-11-25/h4-6,9-13,22-24,28H,7-8,14-21H2,1-3H3,(H,35,38). The van der Waals surface area contributed by atoms with Crippen molar-refractivity contribution in [2.24, 2.45) is 11.8 Å². The van der Waals surface area contributed by atoms with Crippen LogP contribution in [0.4, 0.5) is 13.2 Å². The molecule has 2 aromatic rings. The van der Waals surface area contributed by atoms with Crippen LogP contribution in [0.1, 0.15) is 69.4 Å². The highest BCUT2D eigenvalue weighted by Crippen LogP contribution is 2.43. The highest BCUT2D eigenvalue weighted by atomic mass is 32.2. The zero-order valence-electron chi connectivity index (χ0n) is 24.2. The predicted octanol–water partition coefficient (Wildman–Crippen LogP) is 6.04. The zero-order chi connectivity index (χ0) is 29.8. The SMILES string of the molecule is CC(C(=O)NCCC1CCC(c2ccccc2)(N(C)C)CC1)C1CCCCN1S(=O)(=O)c1cccc(C(F)(F)F)c1. The number of sulfonamides is 1. The van der Waals surface area contributed by atoms with Crippen molar-refractivity contribution in [3.05, 3.63) is 65.7 Å². The summed E-state index contributed by atoms with van der Waals surface area (Å²) in [6.07, 6.45) is 2.26. The molecule has 1 saturated heterocycles. The molecule has 226 valence electrons. The van der Waals surface area contributed by atoms with Gasteiger partial charge in [0.05, 0.1) is 16.4 Å². The number of nitrogens with zero attached hydrogens (tertiary/aromatic N) is 2. The largest absolute Gasteiger partial charge is 0.416 e. The van der Waals surface area contributed by atoms with Gasteiger partial charge in [0, 0.05) is 24.7 Å². The molecule has 0 radical (unpaired) electrons. The van der Waals surface area contributed by atoms with Crippen molar-refractivity contribution in [1.82, 2.24) is 14.5 Å². The van der Waals surface area contributed by atoms with Crippen LogP contribution in [0.3, 0.4) is 0 Å². The van der Waals surface area contributed by atoms with Gasteiger partial charge in [-0.1, -0.05) is 49.7 Å². The molecule has 4 rings (SSSR count). The number of alkyl halides is 3. The van der Waals surface area contributed by atoms with Crippen molar-refractivity contribution in [1.29, 1.82) is 0 Å². The number of benzene rings is 2. The van der Waals surface area contributed by atoms with Crippen LogP contribution < -0.4 is 5.32 Å². The molecule has 2 unspecified atom stereocenters. The highest BCUT2D eigenvalue weighted by Gasteiger charge is 2.41. The Morgan fingerprint density at radius 3 is 2.37 bits per heavy atom. The van der Waals surface area contributed by atoms with Crippen molar-refractivity contribution in [3.8, 4) is 0 Å². The number of hydrogen-bond acceptors (Lipinski definition) is 4. The molecule has 6 nitrogen and oxygen atoms in total. The second-order valence-electron chi connectivity index (χ2n) is 11.8. The van der Waals surface area contributed by atoms with Gasteiger partial charge in [0.2, 0.25) is 15.9 Å². The first-order valence-corrected chi connectivity index (χ1v) is 16.0. The molecule has 0 aromatic heterocycles. The molecule has 1 amide bonds. The van der Waals surface area contributed by atoms with Gasteiger partial charge in [-0.3, -0.25) is 9.69 Å². The summed E-state index contributed by atoms with van der Waals surface area (Å²) in [6.45, 7) is 2.41. The number of hydrogen-bond donors (Lipinski definition) is 1. The summed E-state index contributed by atoms with van der Waals surface area (Å²) in [5.41, 5.74) is 0.348. The summed E-state index contributed by atoms with van der Waals surface area (Å²) < 4.78 is 67.9. The Hall–Kier alpha value is -2.43. The molecule has 1 heterocycles. The second kappa shape index (κ2) is 12.8. The van der Waals surface area contributed by atoms with Gasteiger partial charge in [-0.05, 0) is 88.7 Å². The molecule has 10 heteroatoms. The molecule has 1 aliphatic carbocycles. The van der Waals surface area contributed by atoms with Crippen molar-refractivity contribution in [2.45, 2.75) is 80.9 Å². The summed E-state index contributed by atoms with van der Waals surface area (Å²) in [5.74, 6) is -0.347. The summed E-state index contributed by atoms with van der Waals surface area (Å²) in [6, 6.07) is 13.8. The van der Waals surface area contributed by atoms with Crippen molar-refractivity contribution < 1.29 is 26.4 Å². The van der Waals surface area contributed by atoms with Crippen molar-refractivity contribution >= 4 is 15.9 Å². The van der Waals surface area contributed by atoms with E-state index in [9.17, 15) is 26.4 Å². The van der Waals surface area contributed by atoms with E-state index in [1.54, 1.807) is 6.92 Å². The van der Waals surface area contributed by atoms with Gasteiger partial charge in [-0.25, -0.2) is 8.42 Å². The first-order chi connectivity index (χ1) is 19.4. The van der Waals surface area contributed by atoms with Crippen LogP contribution >= 0.6 is 0 Å². The minimum Gasteiger partial charge on any atom is -0.356 e. The summed E-state index contributed by atoms with van der Waals surface area (Å²) >= 11 is 0. The third-order valence-electron chi connectivity index (χ3n) is 9.21. The van der Waals surface area contributed by atoms with E-state index in [0.29, 0.717) is 31.4 Å². The summed E-state index contributed by atoms with van der Waals surface area (Å²) in [7, 11) is 0.0694. The summed E-state index contributed by atoms with van der Waals surface area (Å²) in [5, 5.41) is 3.02. The normalized spacial score (nSPS) is 25.1. The molecular formula is C31H42F3N3O3S. The third kappa shape index (κ3) is 6.97. The topological polar surface area (TPSA) is 69.7 Å². The van der Waals surface area contributed by atoms with Crippen LogP contribution in [0.5, 0.6) is 0 Å². The maximum absolute atomic E-state index is 13.5. The molecule has 2 atom stereocenters. The van der Waals surface area contributed by atoms with E-state index in [4.69, 9.17) is 0 Å². The van der Waals surface area contributed by atoms with Gasteiger partial charge in [-0.15, -0.1) is 0 Å². The average molecular weight is 594 g/mol. The second-order valence-corrected chi connectivity index (χ2v) is 13.7. The smallest absolute Gasteiger partial charge is 0.356 e. The number of nitrogens with one attached hydrogen (secondary N) is 1. The number of amides is 1. The molecule has 0 spiro atoms. The zero-order valence-corrected chi connectivity index (χ0v) is 25.0. The molecule has 1 N–H and O–H groups in total. The lowest BCUT2D eigenvalue weighted by atomic mass is 9.71. The van der Waals surface area contributed by atoms with Crippen LogP contribution in [-0.2, 0) is 26.5 Å². The van der Waals surface area contributed by atoms with Gasteiger partial charge in [0.1, 0.15) is 0 Å². The van der Waals surface area contributed by atoms with Gasteiger partial charge >= 0.3 is 6.18 Å². The Balaban J connectivity index is 1.35. The molecular weight excluding hydrogens is 551 g/mol. The first kappa shape index (κ1) is 31.5. The van der Waals surface area contributed by atoms with Crippen LogP contribution in [0, 0.1) is 11.8 Å². The lowest BCUT2D eigenvalue weighted by Gasteiger charge is -2.45. The van der Waals surface area contributed by atoms with Crippen molar-refractivity contribution in [3.63, 3.8) is 0 Å². The number of piperidine rings is 1. The van der Waals surface area contributed by atoms with E-state index in [0.717, 1.165) is 50.7 Å². The Morgan fingerprint density at radius 2 is 1.73 bits per heavy atom. The fourth-order valence-corrected chi connectivity index (χ4v) is 8.43. The van der Waals surface area contributed by atoms with Gasteiger partial charge in [0.25, 0.3) is 0 Å². The molecule has 2 aliphatic rings. The molecule has 1 saturated carbocycles. The maximum atomic E-state index is 13.5. The van der Waals surface area contributed by atoms with E-state index in [1.807, 2.05) is 6.07 Å². The molecule has 2 aromatic carbocycles. The van der Waals surface area contributed by atoms with E-state index in [1.165, 1.54) is 15.9 Å².